The van der Waals surface area contributed by atoms with E-state index >= 15 is 0 Å². The summed E-state index contributed by atoms with van der Waals surface area (Å²) in [5.74, 6) is -0.670. The van der Waals surface area contributed by atoms with Gasteiger partial charge in [0.2, 0.25) is 0 Å². The van der Waals surface area contributed by atoms with Crippen molar-refractivity contribution in [3.05, 3.63) is 81.2 Å². The Morgan fingerprint density at radius 2 is 1.88 bits per heavy atom. The van der Waals surface area contributed by atoms with Crippen LogP contribution in [0.2, 0.25) is 0 Å². The number of anilines is 1. The van der Waals surface area contributed by atoms with E-state index in [0.717, 1.165) is 4.57 Å². The van der Waals surface area contributed by atoms with Crippen LogP contribution in [-0.2, 0) is 27.4 Å². The highest BCUT2D eigenvalue weighted by atomic mass is 16.5. The van der Waals surface area contributed by atoms with E-state index in [1.54, 1.807) is 43.3 Å². The molecule has 2 aromatic heterocycles. The number of amides is 1. The quantitative estimate of drug-likeness (QED) is 0.351. The number of rotatable bonds is 6. The Morgan fingerprint density at radius 1 is 1.06 bits per heavy atom. The molecule has 2 aromatic carbocycles. The van der Waals surface area contributed by atoms with Crippen molar-refractivity contribution in [1.82, 2.24) is 9.55 Å². The maximum absolute atomic E-state index is 12.5. The van der Waals surface area contributed by atoms with Gasteiger partial charge in [-0.05, 0) is 31.2 Å². The van der Waals surface area contributed by atoms with E-state index in [9.17, 15) is 19.2 Å². The maximum Gasteiger partial charge on any atom is 0.411 e. The van der Waals surface area contributed by atoms with Crippen LogP contribution in [0, 0.1) is 0 Å². The minimum Gasteiger partial charge on any atom is -0.459 e. The molecule has 4 aromatic rings. The smallest absolute Gasteiger partial charge is 0.411 e. The molecule has 0 aliphatic carbocycles. The van der Waals surface area contributed by atoms with E-state index in [0.29, 0.717) is 27.5 Å². The lowest BCUT2D eigenvalue weighted by atomic mass is 10.1. The molecule has 10 nitrogen and oxygen atoms in total. The van der Waals surface area contributed by atoms with Gasteiger partial charge in [0, 0.05) is 28.8 Å². The van der Waals surface area contributed by atoms with Crippen molar-refractivity contribution in [3.63, 3.8) is 0 Å². The van der Waals surface area contributed by atoms with Gasteiger partial charge in [-0.3, -0.25) is 19.5 Å². The monoisotopic (exact) mass is 449 g/mol. The fraction of sp³-hybridized carbons (Fsp3) is 0.174. The van der Waals surface area contributed by atoms with E-state index in [1.165, 1.54) is 18.5 Å². The molecule has 0 fully saturated rings. The van der Waals surface area contributed by atoms with Crippen molar-refractivity contribution in [2.75, 3.05) is 11.9 Å². The second-order valence-corrected chi connectivity index (χ2v) is 7.00. The molecule has 33 heavy (non-hydrogen) atoms. The van der Waals surface area contributed by atoms with E-state index in [4.69, 9.17) is 13.9 Å². The highest BCUT2D eigenvalue weighted by Crippen LogP contribution is 2.22. The van der Waals surface area contributed by atoms with Crippen molar-refractivity contribution in [3.8, 4) is 0 Å². The number of nitrogens with zero attached hydrogens (tertiary/aromatic N) is 2. The number of carbonyl (C=O) groups excluding carboxylic acids is 2. The van der Waals surface area contributed by atoms with Crippen molar-refractivity contribution >= 4 is 39.6 Å². The second kappa shape index (κ2) is 9.35. The summed E-state index contributed by atoms with van der Waals surface area (Å²) in [5.41, 5.74) is 0.536. The molecule has 2 heterocycles. The zero-order chi connectivity index (χ0) is 23.4. The number of hydrogen-bond donors (Lipinski definition) is 1. The van der Waals surface area contributed by atoms with Gasteiger partial charge in [0.15, 0.2) is 0 Å². The first-order valence-electron chi connectivity index (χ1n) is 10.0. The van der Waals surface area contributed by atoms with Gasteiger partial charge in [-0.1, -0.05) is 12.1 Å². The van der Waals surface area contributed by atoms with Crippen molar-refractivity contribution in [2.45, 2.75) is 20.1 Å². The summed E-state index contributed by atoms with van der Waals surface area (Å²) >= 11 is 0. The number of para-hydroxylation sites is 1. The van der Waals surface area contributed by atoms with E-state index < -0.39 is 17.7 Å². The topological polar surface area (TPSA) is 130 Å². The number of nitrogens with one attached hydrogen (secondary N) is 1. The highest BCUT2D eigenvalue weighted by Gasteiger charge is 2.13. The van der Waals surface area contributed by atoms with E-state index in [2.05, 4.69) is 10.3 Å². The number of carbonyl (C=O) groups is 2. The van der Waals surface area contributed by atoms with Crippen LogP contribution in [0.25, 0.3) is 21.9 Å². The molecule has 0 aliphatic heterocycles. The predicted octanol–water partition coefficient (Wildman–Crippen LogP) is 2.81. The molecule has 1 amide bonds. The molecule has 0 saturated carbocycles. The summed E-state index contributed by atoms with van der Waals surface area (Å²) in [5, 5.41) is 3.45. The minimum absolute atomic E-state index is 0.206. The summed E-state index contributed by atoms with van der Waals surface area (Å²) in [6, 6.07) is 12.7. The molecule has 0 aliphatic rings. The van der Waals surface area contributed by atoms with Gasteiger partial charge in [-0.25, -0.2) is 14.6 Å². The standard InChI is InChI=1S/C23H19N3O7/c1-2-31-23(30)25-15-7-8-16-14(9-20(27)33-19(16)10-15)12-32-21(28)11-26-13-24-18-6-4-3-5-17(18)22(26)29/h3-10,13H,2,11-12H2,1H3,(H,25,30). The third kappa shape index (κ3) is 4.90. The number of fused-ring (bicyclic) bond motifs is 2. The Morgan fingerprint density at radius 3 is 2.70 bits per heavy atom. The van der Waals surface area contributed by atoms with E-state index in [-0.39, 0.29) is 30.9 Å². The minimum atomic E-state index is -0.670. The summed E-state index contributed by atoms with van der Waals surface area (Å²) in [6.07, 6.45) is 0.652. The van der Waals surface area contributed by atoms with Crippen LogP contribution in [0.1, 0.15) is 12.5 Å². The Kier molecular flexibility index (Phi) is 6.16. The summed E-state index contributed by atoms with van der Waals surface area (Å²) < 4.78 is 16.5. The normalized spacial score (nSPS) is 10.8. The molecule has 10 heteroatoms. The first-order chi connectivity index (χ1) is 15.9. The molecule has 4 rings (SSSR count). The average Bonchev–Trinajstić information content (AvgIpc) is 2.79. The summed E-state index contributed by atoms with van der Waals surface area (Å²) in [7, 11) is 0. The van der Waals surface area contributed by atoms with Gasteiger partial charge < -0.3 is 13.9 Å². The average molecular weight is 449 g/mol. The molecular weight excluding hydrogens is 430 g/mol. The number of hydrogen-bond acceptors (Lipinski definition) is 8. The zero-order valence-corrected chi connectivity index (χ0v) is 17.6. The highest BCUT2D eigenvalue weighted by molar-refractivity contribution is 5.90. The maximum atomic E-state index is 12.5. The zero-order valence-electron chi connectivity index (χ0n) is 17.6. The summed E-state index contributed by atoms with van der Waals surface area (Å²) in [4.78, 5) is 52.6. The van der Waals surface area contributed by atoms with Crippen molar-refractivity contribution in [1.29, 1.82) is 0 Å². The van der Waals surface area contributed by atoms with Crippen LogP contribution >= 0.6 is 0 Å². The Bertz CT molecular complexity index is 1470. The lowest BCUT2D eigenvalue weighted by molar-refractivity contribution is -0.145. The third-order valence-corrected chi connectivity index (χ3v) is 4.77. The van der Waals surface area contributed by atoms with Gasteiger partial charge in [-0.2, -0.15) is 0 Å². The van der Waals surface area contributed by atoms with Gasteiger partial charge in [0.25, 0.3) is 5.56 Å². The predicted molar refractivity (Wildman–Crippen MR) is 119 cm³/mol. The van der Waals surface area contributed by atoms with Crippen molar-refractivity contribution in [2.24, 2.45) is 0 Å². The Hall–Kier alpha value is -4.47. The summed E-state index contributed by atoms with van der Waals surface area (Å²) in [6.45, 7) is 1.36. The number of ether oxygens (including phenoxy) is 2. The van der Waals surface area contributed by atoms with Gasteiger partial charge in [0.05, 0.1) is 23.8 Å². The Balaban J connectivity index is 1.50. The van der Waals surface area contributed by atoms with Gasteiger partial charge in [-0.15, -0.1) is 0 Å². The van der Waals surface area contributed by atoms with Crippen LogP contribution < -0.4 is 16.5 Å². The fourth-order valence-electron chi connectivity index (χ4n) is 3.27. The molecule has 0 unspecified atom stereocenters. The molecule has 1 N–H and O–H groups in total. The lowest BCUT2D eigenvalue weighted by Crippen LogP contribution is -2.25. The van der Waals surface area contributed by atoms with Crippen LogP contribution in [0.15, 0.2) is 68.9 Å². The van der Waals surface area contributed by atoms with Crippen LogP contribution in [-0.4, -0.2) is 28.2 Å². The number of aromatic nitrogens is 2. The Labute approximate surface area is 186 Å². The molecule has 168 valence electrons. The molecular formula is C23H19N3O7. The van der Waals surface area contributed by atoms with Crippen LogP contribution in [0.5, 0.6) is 0 Å². The lowest BCUT2D eigenvalue weighted by Gasteiger charge is -2.10. The SMILES string of the molecule is CCOC(=O)Nc1ccc2c(COC(=O)Cn3cnc4ccccc4c3=O)cc(=O)oc2c1. The number of benzene rings is 2. The first-order valence-corrected chi connectivity index (χ1v) is 10.0. The van der Waals surface area contributed by atoms with E-state index in [1.807, 2.05) is 0 Å². The molecule has 0 atom stereocenters. The molecule has 0 radical (unpaired) electrons. The fourth-order valence-corrected chi connectivity index (χ4v) is 3.27. The van der Waals surface area contributed by atoms with Crippen molar-refractivity contribution < 1.29 is 23.5 Å². The first kappa shape index (κ1) is 21.8. The second-order valence-electron chi connectivity index (χ2n) is 7.00. The van der Waals surface area contributed by atoms with Gasteiger partial charge >= 0.3 is 17.7 Å². The van der Waals surface area contributed by atoms with Crippen LogP contribution in [0.4, 0.5) is 10.5 Å². The van der Waals surface area contributed by atoms with Crippen LogP contribution in [0.3, 0.4) is 0 Å². The number of esters is 1. The molecule has 0 saturated heterocycles. The molecule has 0 spiro atoms. The third-order valence-electron chi connectivity index (χ3n) is 4.77. The largest absolute Gasteiger partial charge is 0.459 e. The van der Waals surface area contributed by atoms with Gasteiger partial charge in [0.1, 0.15) is 18.7 Å². The molecule has 0 bridgehead atoms.